The maximum Gasteiger partial charge on any atom is 0.264 e. The highest BCUT2D eigenvalue weighted by Gasteiger charge is 2.38. The first-order valence-electron chi connectivity index (χ1n) is 8.45. The van der Waals surface area contributed by atoms with E-state index >= 15 is 0 Å². The van der Waals surface area contributed by atoms with Crippen LogP contribution in [0, 0.1) is 0 Å². The van der Waals surface area contributed by atoms with Crippen LogP contribution < -0.4 is 5.48 Å². The van der Waals surface area contributed by atoms with Crippen LogP contribution in [0.5, 0.6) is 0 Å². The van der Waals surface area contributed by atoms with Gasteiger partial charge in [0.15, 0.2) is 0 Å². The number of carbonyl (C=O) groups is 1. The van der Waals surface area contributed by atoms with Crippen molar-refractivity contribution in [1.29, 1.82) is 0 Å². The van der Waals surface area contributed by atoms with E-state index in [4.69, 9.17) is 5.21 Å². The molecule has 0 aromatic heterocycles. The molecule has 3 N–H and O–H groups in total. The van der Waals surface area contributed by atoms with Crippen molar-refractivity contribution in [3.05, 3.63) is 42.5 Å². The summed E-state index contributed by atoms with van der Waals surface area (Å²) in [5.41, 5.74) is 1.45. The van der Waals surface area contributed by atoms with Crippen molar-refractivity contribution in [3.63, 3.8) is 0 Å². The molecule has 0 radical (unpaired) electrons. The van der Waals surface area contributed by atoms with Gasteiger partial charge in [-0.3, -0.25) is 10.0 Å². The van der Waals surface area contributed by atoms with E-state index < -0.39 is 28.1 Å². The molecule has 1 amide bonds. The predicted octanol–water partition coefficient (Wildman–Crippen LogP) is 1.89. The summed E-state index contributed by atoms with van der Waals surface area (Å²) in [6.45, 7) is 3.26. The Balaban J connectivity index is 2.54. The quantitative estimate of drug-likeness (QED) is 0.479. The number of unbranched alkanes of at least 4 members (excludes halogenated alkanes) is 1. The first-order chi connectivity index (χ1) is 12.3. The second-order valence-corrected chi connectivity index (χ2v) is 8.03. The maximum absolute atomic E-state index is 13.2. The molecule has 0 spiro atoms. The number of sulfonamides is 1. The Morgan fingerprint density at radius 1 is 1.19 bits per heavy atom. The summed E-state index contributed by atoms with van der Waals surface area (Å²) >= 11 is 0. The van der Waals surface area contributed by atoms with Gasteiger partial charge < -0.3 is 5.11 Å². The number of nitrogens with one attached hydrogen (secondary N) is 1. The third kappa shape index (κ3) is 4.21. The summed E-state index contributed by atoms with van der Waals surface area (Å²) in [5, 5.41) is 20.6. The van der Waals surface area contributed by atoms with Crippen molar-refractivity contribution in [1.82, 2.24) is 9.79 Å². The average Bonchev–Trinajstić information content (AvgIpc) is 2.63. The number of aliphatic hydroxyl groups excluding tert-OH is 1. The van der Waals surface area contributed by atoms with Crippen molar-refractivity contribution in [2.75, 3.05) is 6.54 Å². The Labute approximate surface area is 153 Å². The lowest BCUT2D eigenvalue weighted by Crippen LogP contribution is -2.54. The minimum absolute atomic E-state index is 0.0312. The van der Waals surface area contributed by atoms with Gasteiger partial charge in [-0.25, -0.2) is 13.9 Å². The van der Waals surface area contributed by atoms with Crippen LogP contribution in [-0.2, 0) is 14.8 Å². The number of hydroxylamine groups is 1. The van der Waals surface area contributed by atoms with Gasteiger partial charge in [0, 0.05) is 6.54 Å². The van der Waals surface area contributed by atoms with Gasteiger partial charge in [0.05, 0.1) is 11.0 Å². The number of hydrogen-bond acceptors (Lipinski definition) is 5. The highest BCUT2D eigenvalue weighted by atomic mass is 32.2. The minimum Gasteiger partial charge on any atom is -0.391 e. The number of carbonyl (C=O) groups excluding carboxylic acids is 1. The smallest absolute Gasteiger partial charge is 0.264 e. The lowest BCUT2D eigenvalue weighted by molar-refractivity contribution is -0.136. The number of benzene rings is 2. The second-order valence-electron chi connectivity index (χ2n) is 6.14. The van der Waals surface area contributed by atoms with Crippen molar-refractivity contribution in [2.45, 2.75) is 43.7 Å². The van der Waals surface area contributed by atoms with E-state index in [-0.39, 0.29) is 11.4 Å². The van der Waals surface area contributed by atoms with Crippen molar-refractivity contribution >= 4 is 26.7 Å². The Bertz CT molecular complexity index is 867. The second kappa shape index (κ2) is 8.59. The Morgan fingerprint density at radius 2 is 1.85 bits per heavy atom. The fraction of sp³-hybridized carbons (Fsp3) is 0.389. The van der Waals surface area contributed by atoms with E-state index in [1.807, 2.05) is 25.1 Å². The largest absolute Gasteiger partial charge is 0.391 e. The molecular formula is C18H24N2O5S. The summed E-state index contributed by atoms with van der Waals surface area (Å²) in [4.78, 5) is 12.1. The molecule has 2 aromatic rings. The fourth-order valence-corrected chi connectivity index (χ4v) is 4.57. The molecule has 0 fully saturated rings. The van der Waals surface area contributed by atoms with Crippen LogP contribution in [0.25, 0.3) is 10.8 Å². The molecular weight excluding hydrogens is 356 g/mol. The van der Waals surface area contributed by atoms with Crippen molar-refractivity contribution in [3.8, 4) is 0 Å². The molecule has 0 saturated carbocycles. The minimum atomic E-state index is -4.06. The summed E-state index contributed by atoms with van der Waals surface area (Å²) < 4.78 is 27.4. The Kier molecular flexibility index (Phi) is 6.71. The highest BCUT2D eigenvalue weighted by Crippen LogP contribution is 2.24. The van der Waals surface area contributed by atoms with Crippen LogP contribution in [0.3, 0.4) is 0 Å². The third-order valence-corrected chi connectivity index (χ3v) is 6.08. The van der Waals surface area contributed by atoms with Gasteiger partial charge in [-0.15, -0.1) is 0 Å². The molecule has 142 valence electrons. The summed E-state index contributed by atoms with van der Waals surface area (Å²) in [6, 6.07) is 10.6. The molecule has 0 bridgehead atoms. The Morgan fingerprint density at radius 3 is 2.42 bits per heavy atom. The first kappa shape index (κ1) is 20.3. The van der Waals surface area contributed by atoms with E-state index in [0.29, 0.717) is 12.8 Å². The van der Waals surface area contributed by atoms with Gasteiger partial charge in [0.25, 0.3) is 5.91 Å². The van der Waals surface area contributed by atoms with E-state index in [0.717, 1.165) is 15.1 Å². The molecule has 0 aliphatic heterocycles. The van der Waals surface area contributed by atoms with E-state index in [9.17, 15) is 18.3 Å². The van der Waals surface area contributed by atoms with Gasteiger partial charge in [0.2, 0.25) is 10.0 Å². The van der Waals surface area contributed by atoms with Gasteiger partial charge in [0.1, 0.15) is 6.04 Å². The normalized spacial score (nSPS) is 14.3. The van der Waals surface area contributed by atoms with E-state index in [1.165, 1.54) is 18.5 Å². The third-order valence-electron chi connectivity index (χ3n) is 4.21. The fourth-order valence-electron chi connectivity index (χ4n) is 2.84. The number of amides is 1. The molecule has 0 saturated heterocycles. The standard InChI is InChI=1S/C18H24N2O5S/c1-3-4-11-20(17(13(2)21)18(22)19-23)26(24,25)16-10-9-14-7-5-6-8-15(14)12-16/h5-10,12-13,17,21,23H,3-4,11H2,1-2H3,(H,19,22). The molecule has 0 aliphatic carbocycles. The van der Waals surface area contributed by atoms with E-state index in [1.54, 1.807) is 18.2 Å². The summed E-state index contributed by atoms with van der Waals surface area (Å²) in [7, 11) is -4.06. The number of aliphatic hydroxyl groups is 1. The van der Waals surface area contributed by atoms with Crippen LogP contribution in [-0.4, -0.2) is 47.6 Å². The SMILES string of the molecule is CCCCN(C(C(=O)NO)C(C)O)S(=O)(=O)c1ccc2ccccc2c1. The number of nitrogens with zero attached hydrogens (tertiary/aromatic N) is 1. The molecule has 8 heteroatoms. The molecule has 2 rings (SSSR count). The molecule has 2 atom stereocenters. The van der Waals surface area contributed by atoms with Gasteiger partial charge in [-0.05, 0) is 36.2 Å². The van der Waals surface area contributed by atoms with Crippen molar-refractivity contribution in [2.24, 2.45) is 0 Å². The predicted molar refractivity (Wildman–Crippen MR) is 98.1 cm³/mol. The lowest BCUT2D eigenvalue weighted by Gasteiger charge is -2.31. The summed E-state index contributed by atoms with van der Waals surface area (Å²) in [5.74, 6) is -0.972. The van der Waals surface area contributed by atoms with Crippen LogP contribution in [0.15, 0.2) is 47.4 Å². The number of rotatable bonds is 8. The number of fused-ring (bicyclic) bond motifs is 1. The molecule has 2 unspecified atom stereocenters. The molecule has 26 heavy (non-hydrogen) atoms. The first-order valence-corrected chi connectivity index (χ1v) is 9.89. The zero-order valence-electron chi connectivity index (χ0n) is 14.8. The molecule has 7 nitrogen and oxygen atoms in total. The summed E-state index contributed by atoms with van der Waals surface area (Å²) in [6.07, 6.45) is -0.0830. The van der Waals surface area contributed by atoms with Crippen LogP contribution in [0.1, 0.15) is 26.7 Å². The van der Waals surface area contributed by atoms with Crippen LogP contribution in [0.4, 0.5) is 0 Å². The molecule has 0 aliphatic rings. The highest BCUT2D eigenvalue weighted by molar-refractivity contribution is 7.89. The average molecular weight is 380 g/mol. The topological polar surface area (TPSA) is 107 Å². The lowest BCUT2D eigenvalue weighted by atomic mass is 10.1. The van der Waals surface area contributed by atoms with Gasteiger partial charge in [-0.2, -0.15) is 4.31 Å². The van der Waals surface area contributed by atoms with Gasteiger partial charge in [-0.1, -0.05) is 43.7 Å². The maximum atomic E-state index is 13.2. The zero-order valence-corrected chi connectivity index (χ0v) is 15.6. The van der Waals surface area contributed by atoms with E-state index in [2.05, 4.69) is 0 Å². The van der Waals surface area contributed by atoms with Crippen LogP contribution >= 0.6 is 0 Å². The molecule has 0 heterocycles. The monoisotopic (exact) mass is 380 g/mol. The number of hydrogen-bond donors (Lipinski definition) is 3. The van der Waals surface area contributed by atoms with Gasteiger partial charge >= 0.3 is 0 Å². The Hall–Kier alpha value is -2.00. The zero-order chi connectivity index (χ0) is 19.3. The van der Waals surface area contributed by atoms with Crippen LogP contribution in [0.2, 0.25) is 0 Å². The van der Waals surface area contributed by atoms with Crippen molar-refractivity contribution < 1.29 is 23.5 Å². The molecule has 2 aromatic carbocycles.